The molecule has 0 aliphatic heterocycles. The van der Waals surface area contributed by atoms with Crippen molar-refractivity contribution in [1.29, 1.82) is 0 Å². The van der Waals surface area contributed by atoms with Crippen LogP contribution in [0.5, 0.6) is 5.75 Å². The second-order valence-corrected chi connectivity index (χ2v) is 5.11. The van der Waals surface area contributed by atoms with E-state index < -0.39 is 23.4 Å². The van der Waals surface area contributed by atoms with Crippen molar-refractivity contribution < 1.29 is 24.0 Å². The molecule has 0 aliphatic rings. The van der Waals surface area contributed by atoms with Gasteiger partial charge < -0.3 is 14.8 Å². The number of ether oxygens (including phenoxy) is 2. The normalized spacial score (nSPS) is 10.0. The molecule has 0 unspecified atom stereocenters. The molecule has 2 aromatic carbocycles. The quantitative estimate of drug-likeness (QED) is 0.490. The Balaban J connectivity index is 1.91. The van der Waals surface area contributed by atoms with Gasteiger partial charge in [0.2, 0.25) is 0 Å². The fraction of sp³-hybridized carbons (Fsp3) is 0.176. The average molecular weight is 344 g/mol. The van der Waals surface area contributed by atoms with Gasteiger partial charge in [-0.15, -0.1) is 0 Å². The van der Waals surface area contributed by atoms with Crippen LogP contribution in [0.2, 0.25) is 0 Å². The minimum atomic E-state index is -0.733. The number of carbonyl (C=O) groups excluding carboxylic acids is 2. The van der Waals surface area contributed by atoms with Gasteiger partial charge in [-0.05, 0) is 43.3 Å². The van der Waals surface area contributed by atoms with Crippen molar-refractivity contribution in [2.75, 3.05) is 19.0 Å². The minimum Gasteiger partial charge on any atom is -0.497 e. The number of anilines is 1. The number of hydrogen-bond acceptors (Lipinski definition) is 6. The third-order valence-corrected chi connectivity index (χ3v) is 3.34. The van der Waals surface area contributed by atoms with Crippen LogP contribution >= 0.6 is 0 Å². The first-order chi connectivity index (χ1) is 11.9. The number of carbonyl (C=O) groups is 2. The lowest BCUT2D eigenvalue weighted by Gasteiger charge is -2.08. The molecule has 0 aliphatic carbocycles. The van der Waals surface area contributed by atoms with Crippen LogP contribution in [0.15, 0.2) is 42.5 Å². The van der Waals surface area contributed by atoms with Crippen LogP contribution in [-0.4, -0.2) is 30.5 Å². The maximum Gasteiger partial charge on any atom is 0.338 e. The molecule has 0 aromatic heterocycles. The summed E-state index contributed by atoms with van der Waals surface area (Å²) in [7, 11) is 1.53. The molecule has 1 N–H and O–H groups in total. The Labute approximate surface area is 143 Å². The Morgan fingerprint density at radius 1 is 1.16 bits per heavy atom. The number of rotatable bonds is 6. The zero-order valence-electron chi connectivity index (χ0n) is 13.6. The molecular formula is C17H16N2O6. The molecule has 0 radical (unpaired) electrons. The monoisotopic (exact) mass is 344 g/mol. The van der Waals surface area contributed by atoms with Crippen molar-refractivity contribution in [2.45, 2.75) is 6.92 Å². The van der Waals surface area contributed by atoms with Gasteiger partial charge in [0.05, 0.1) is 17.6 Å². The summed E-state index contributed by atoms with van der Waals surface area (Å²) in [6, 6.07) is 10.5. The van der Waals surface area contributed by atoms with Crippen LogP contribution in [0.25, 0.3) is 0 Å². The van der Waals surface area contributed by atoms with Crippen LogP contribution in [0.1, 0.15) is 15.9 Å². The maximum absolute atomic E-state index is 11.9. The highest BCUT2D eigenvalue weighted by Crippen LogP contribution is 2.19. The maximum atomic E-state index is 11.9. The van der Waals surface area contributed by atoms with E-state index in [0.717, 1.165) is 0 Å². The van der Waals surface area contributed by atoms with Crippen LogP contribution in [0.3, 0.4) is 0 Å². The lowest BCUT2D eigenvalue weighted by atomic mass is 10.1. The highest BCUT2D eigenvalue weighted by Gasteiger charge is 2.15. The van der Waals surface area contributed by atoms with Gasteiger partial charge in [0.15, 0.2) is 6.61 Å². The topological polar surface area (TPSA) is 108 Å². The van der Waals surface area contributed by atoms with Gasteiger partial charge in [-0.1, -0.05) is 0 Å². The highest BCUT2D eigenvalue weighted by molar-refractivity contribution is 5.95. The van der Waals surface area contributed by atoms with Gasteiger partial charge in [-0.3, -0.25) is 14.9 Å². The Hall–Kier alpha value is -3.42. The van der Waals surface area contributed by atoms with Crippen molar-refractivity contribution in [3.8, 4) is 5.75 Å². The van der Waals surface area contributed by atoms with Crippen molar-refractivity contribution in [1.82, 2.24) is 0 Å². The molecule has 8 heteroatoms. The van der Waals surface area contributed by atoms with Gasteiger partial charge in [0.25, 0.3) is 11.6 Å². The Bertz CT molecular complexity index is 801. The first-order valence-corrected chi connectivity index (χ1v) is 7.27. The second kappa shape index (κ2) is 7.91. The molecule has 0 heterocycles. The van der Waals surface area contributed by atoms with Gasteiger partial charge in [-0.2, -0.15) is 0 Å². The fourth-order valence-corrected chi connectivity index (χ4v) is 2.07. The number of benzene rings is 2. The van der Waals surface area contributed by atoms with E-state index in [1.807, 2.05) is 0 Å². The molecular weight excluding hydrogens is 328 g/mol. The predicted octanol–water partition coefficient (Wildman–Crippen LogP) is 2.71. The Kier molecular flexibility index (Phi) is 5.67. The summed E-state index contributed by atoms with van der Waals surface area (Å²) in [5, 5.41) is 13.3. The molecule has 0 atom stereocenters. The Morgan fingerprint density at radius 2 is 1.84 bits per heavy atom. The van der Waals surface area contributed by atoms with Gasteiger partial charge in [0, 0.05) is 17.3 Å². The number of aryl methyl sites for hydroxylation is 1. The average Bonchev–Trinajstić information content (AvgIpc) is 2.60. The molecule has 2 rings (SSSR count). The van der Waals surface area contributed by atoms with Crippen LogP contribution in [-0.2, 0) is 9.53 Å². The molecule has 2 aromatic rings. The van der Waals surface area contributed by atoms with E-state index in [1.165, 1.54) is 32.2 Å². The third kappa shape index (κ3) is 4.77. The minimum absolute atomic E-state index is 0.0891. The summed E-state index contributed by atoms with van der Waals surface area (Å²) in [6.45, 7) is 1.05. The second-order valence-electron chi connectivity index (χ2n) is 5.11. The van der Waals surface area contributed by atoms with Gasteiger partial charge in [-0.25, -0.2) is 4.79 Å². The SMILES string of the molecule is COc1ccc(NC(=O)COC(=O)c2ccc([N+](=O)[O-])c(C)c2)cc1. The van der Waals surface area contributed by atoms with Crippen LogP contribution < -0.4 is 10.1 Å². The van der Waals surface area contributed by atoms with E-state index in [1.54, 1.807) is 24.3 Å². The van der Waals surface area contributed by atoms with E-state index in [2.05, 4.69) is 5.32 Å². The molecule has 25 heavy (non-hydrogen) atoms. The van der Waals surface area contributed by atoms with E-state index in [9.17, 15) is 19.7 Å². The number of nitrogens with one attached hydrogen (secondary N) is 1. The van der Waals surface area contributed by atoms with Crippen LogP contribution in [0.4, 0.5) is 11.4 Å². The lowest BCUT2D eigenvalue weighted by molar-refractivity contribution is -0.385. The van der Waals surface area contributed by atoms with E-state index in [0.29, 0.717) is 17.0 Å². The lowest BCUT2D eigenvalue weighted by Crippen LogP contribution is -2.21. The number of nitro benzene ring substituents is 1. The number of nitrogens with zero attached hydrogens (tertiary/aromatic N) is 1. The molecule has 0 spiro atoms. The molecule has 0 fully saturated rings. The molecule has 0 saturated heterocycles. The Morgan fingerprint density at radius 3 is 2.40 bits per heavy atom. The van der Waals surface area contributed by atoms with Crippen molar-refractivity contribution in [2.24, 2.45) is 0 Å². The van der Waals surface area contributed by atoms with E-state index in [-0.39, 0.29) is 11.3 Å². The molecule has 1 amide bonds. The number of methoxy groups -OCH3 is 1. The summed E-state index contributed by atoms with van der Waals surface area (Å²) in [5.74, 6) is -0.585. The highest BCUT2D eigenvalue weighted by atomic mass is 16.6. The molecule has 130 valence electrons. The predicted molar refractivity (Wildman–Crippen MR) is 89.7 cm³/mol. The zero-order valence-corrected chi connectivity index (χ0v) is 13.6. The van der Waals surface area contributed by atoms with Gasteiger partial charge in [0.1, 0.15) is 5.75 Å². The summed E-state index contributed by atoms with van der Waals surface area (Å²) < 4.78 is 9.93. The zero-order chi connectivity index (χ0) is 18.4. The van der Waals surface area contributed by atoms with Crippen molar-refractivity contribution in [3.05, 3.63) is 63.7 Å². The number of hydrogen-bond donors (Lipinski definition) is 1. The van der Waals surface area contributed by atoms with Crippen molar-refractivity contribution >= 4 is 23.3 Å². The number of amides is 1. The smallest absolute Gasteiger partial charge is 0.338 e. The van der Waals surface area contributed by atoms with Gasteiger partial charge >= 0.3 is 5.97 Å². The summed E-state index contributed by atoms with van der Waals surface area (Å²) in [4.78, 5) is 34.0. The van der Waals surface area contributed by atoms with E-state index in [4.69, 9.17) is 9.47 Å². The molecule has 8 nitrogen and oxygen atoms in total. The van der Waals surface area contributed by atoms with Crippen molar-refractivity contribution in [3.63, 3.8) is 0 Å². The fourth-order valence-electron chi connectivity index (χ4n) is 2.07. The third-order valence-electron chi connectivity index (χ3n) is 3.34. The number of nitro groups is 1. The first kappa shape index (κ1) is 17.9. The van der Waals surface area contributed by atoms with E-state index >= 15 is 0 Å². The summed E-state index contributed by atoms with van der Waals surface area (Å²) >= 11 is 0. The molecule has 0 saturated carbocycles. The summed E-state index contributed by atoms with van der Waals surface area (Å²) in [5.41, 5.74) is 0.921. The first-order valence-electron chi connectivity index (χ1n) is 7.27. The molecule has 0 bridgehead atoms. The summed E-state index contributed by atoms with van der Waals surface area (Å²) in [6.07, 6.45) is 0. The van der Waals surface area contributed by atoms with Crippen LogP contribution in [0, 0.1) is 17.0 Å². The number of esters is 1. The largest absolute Gasteiger partial charge is 0.497 e. The standard InChI is InChI=1S/C17H16N2O6/c1-11-9-12(3-8-15(11)19(22)23)17(21)25-10-16(20)18-13-4-6-14(24-2)7-5-13/h3-9H,10H2,1-2H3,(H,18,20).